The van der Waals surface area contributed by atoms with Crippen LogP contribution in [0.15, 0.2) is 43.1 Å². The van der Waals surface area contributed by atoms with E-state index in [0.29, 0.717) is 35.0 Å². The standard InChI is InChI=1S/C16H15FN8/c1-24-15-11(8-21-24)14(18)22-16(23-15)20-7-10-2-3-13(12(17)6-10)25-5-4-19-9-25/h2-6,8-9H,7H2,1H3,(H3,18,20,22,23). The van der Waals surface area contributed by atoms with Crippen molar-refractivity contribution in [1.29, 1.82) is 0 Å². The number of nitrogens with one attached hydrogen (secondary N) is 1. The lowest BCUT2D eigenvalue weighted by Crippen LogP contribution is -2.07. The Balaban J connectivity index is 1.55. The van der Waals surface area contributed by atoms with Gasteiger partial charge in [-0.1, -0.05) is 6.07 Å². The van der Waals surface area contributed by atoms with Crippen LogP contribution in [0.4, 0.5) is 16.2 Å². The molecule has 0 saturated carbocycles. The Morgan fingerprint density at radius 3 is 2.92 bits per heavy atom. The van der Waals surface area contributed by atoms with E-state index in [4.69, 9.17) is 5.73 Å². The minimum atomic E-state index is -0.334. The average molecular weight is 338 g/mol. The van der Waals surface area contributed by atoms with Crippen molar-refractivity contribution < 1.29 is 4.39 Å². The number of aromatic nitrogens is 6. The molecule has 3 N–H and O–H groups in total. The van der Waals surface area contributed by atoms with Crippen molar-refractivity contribution >= 4 is 22.8 Å². The Labute approximate surface area is 142 Å². The quantitative estimate of drug-likeness (QED) is 0.589. The molecular formula is C16H15FN8. The van der Waals surface area contributed by atoms with E-state index in [0.717, 1.165) is 5.56 Å². The number of imidazole rings is 1. The Kier molecular flexibility index (Phi) is 3.53. The Morgan fingerprint density at radius 1 is 1.28 bits per heavy atom. The fourth-order valence-corrected chi connectivity index (χ4v) is 2.58. The first-order valence-electron chi connectivity index (χ1n) is 7.57. The van der Waals surface area contributed by atoms with Crippen LogP contribution in [-0.4, -0.2) is 29.3 Å². The summed E-state index contributed by atoms with van der Waals surface area (Å²) in [5.41, 5.74) is 7.76. The molecule has 4 rings (SSSR count). The number of aryl methyl sites for hydroxylation is 1. The first-order valence-corrected chi connectivity index (χ1v) is 7.57. The van der Waals surface area contributed by atoms with E-state index in [9.17, 15) is 4.39 Å². The van der Waals surface area contributed by atoms with Crippen molar-refractivity contribution in [3.05, 3.63) is 54.5 Å². The summed E-state index contributed by atoms with van der Waals surface area (Å²) in [5.74, 6) is 0.384. The highest BCUT2D eigenvalue weighted by atomic mass is 19.1. The molecule has 3 heterocycles. The van der Waals surface area contributed by atoms with Gasteiger partial charge in [-0.2, -0.15) is 15.1 Å². The summed E-state index contributed by atoms with van der Waals surface area (Å²) >= 11 is 0. The lowest BCUT2D eigenvalue weighted by Gasteiger charge is -2.09. The van der Waals surface area contributed by atoms with E-state index >= 15 is 0 Å². The molecule has 8 nitrogen and oxygen atoms in total. The van der Waals surface area contributed by atoms with Gasteiger partial charge in [0.05, 0.1) is 23.6 Å². The SMILES string of the molecule is Cn1ncc2c(N)nc(NCc3ccc(-n4ccnc4)c(F)c3)nc21. The Hall–Kier alpha value is -3.49. The summed E-state index contributed by atoms with van der Waals surface area (Å²) in [4.78, 5) is 12.5. The van der Waals surface area contributed by atoms with Gasteiger partial charge in [-0.15, -0.1) is 0 Å². The van der Waals surface area contributed by atoms with E-state index in [2.05, 4.69) is 25.4 Å². The lowest BCUT2D eigenvalue weighted by molar-refractivity contribution is 0.616. The smallest absolute Gasteiger partial charge is 0.226 e. The maximum absolute atomic E-state index is 14.3. The molecule has 25 heavy (non-hydrogen) atoms. The van der Waals surface area contributed by atoms with E-state index in [1.807, 2.05) is 6.07 Å². The van der Waals surface area contributed by atoms with Crippen LogP contribution in [0.3, 0.4) is 0 Å². The summed E-state index contributed by atoms with van der Waals surface area (Å²) in [6.45, 7) is 0.365. The zero-order valence-electron chi connectivity index (χ0n) is 13.4. The summed E-state index contributed by atoms with van der Waals surface area (Å²) in [6, 6.07) is 5.00. The van der Waals surface area contributed by atoms with Crippen LogP contribution in [0.5, 0.6) is 0 Å². The van der Waals surface area contributed by atoms with Crippen LogP contribution < -0.4 is 11.1 Å². The number of nitrogen functional groups attached to an aromatic ring is 1. The molecule has 0 aliphatic carbocycles. The topological polar surface area (TPSA) is 99.5 Å². The van der Waals surface area contributed by atoms with Crippen molar-refractivity contribution in [2.45, 2.75) is 6.54 Å². The monoisotopic (exact) mass is 338 g/mol. The average Bonchev–Trinajstić information content (AvgIpc) is 3.24. The number of hydrogen-bond donors (Lipinski definition) is 2. The summed E-state index contributed by atoms with van der Waals surface area (Å²) in [7, 11) is 1.78. The van der Waals surface area contributed by atoms with Gasteiger partial charge in [0.15, 0.2) is 5.65 Å². The minimum Gasteiger partial charge on any atom is -0.383 e. The van der Waals surface area contributed by atoms with Crippen LogP contribution in [0, 0.1) is 5.82 Å². The van der Waals surface area contributed by atoms with Crippen LogP contribution in [0.2, 0.25) is 0 Å². The molecule has 0 fully saturated rings. The molecule has 0 bridgehead atoms. The molecule has 9 heteroatoms. The number of anilines is 2. The van der Waals surface area contributed by atoms with Gasteiger partial charge in [-0.25, -0.2) is 9.37 Å². The van der Waals surface area contributed by atoms with E-state index in [1.165, 1.54) is 6.07 Å². The molecule has 0 spiro atoms. The number of benzene rings is 1. The first kappa shape index (κ1) is 15.1. The summed E-state index contributed by atoms with van der Waals surface area (Å²) in [6.07, 6.45) is 6.47. The molecule has 0 radical (unpaired) electrons. The second kappa shape index (κ2) is 5.86. The normalized spacial score (nSPS) is 11.1. The van der Waals surface area contributed by atoms with E-state index in [-0.39, 0.29) is 5.82 Å². The van der Waals surface area contributed by atoms with E-state index < -0.39 is 0 Å². The zero-order chi connectivity index (χ0) is 17.4. The van der Waals surface area contributed by atoms with Crippen molar-refractivity contribution in [2.75, 3.05) is 11.1 Å². The number of nitrogens with two attached hydrogens (primary N) is 1. The first-order chi connectivity index (χ1) is 12.1. The van der Waals surface area contributed by atoms with Gasteiger partial charge in [0.1, 0.15) is 11.6 Å². The molecule has 3 aromatic heterocycles. The molecule has 4 aromatic rings. The number of halogens is 1. The highest BCUT2D eigenvalue weighted by Gasteiger charge is 2.10. The zero-order valence-corrected chi connectivity index (χ0v) is 13.4. The van der Waals surface area contributed by atoms with Gasteiger partial charge < -0.3 is 15.6 Å². The predicted molar refractivity (Wildman–Crippen MR) is 91.6 cm³/mol. The summed E-state index contributed by atoms with van der Waals surface area (Å²) < 4.78 is 17.5. The van der Waals surface area contributed by atoms with Crippen LogP contribution in [0.25, 0.3) is 16.7 Å². The van der Waals surface area contributed by atoms with Crippen molar-refractivity contribution in [3.63, 3.8) is 0 Å². The third kappa shape index (κ3) is 2.75. The van der Waals surface area contributed by atoms with E-state index in [1.54, 1.807) is 47.3 Å². The largest absolute Gasteiger partial charge is 0.383 e. The molecule has 0 aliphatic heterocycles. The fourth-order valence-electron chi connectivity index (χ4n) is 2.58. The third-order valence-corrected chi connectivity index (χ3v) is 3.87. The van der Waals surface area contributed by atoms with Gasteiger partial charge in [-0.3, -0.25) is 4.68 Å². The third-order valence-electron chi connectivity index (χ3n) is 3.87. The van der Waals surface area contributed by atoms with Crippen LogP contribution >= 0.6 is 0 Å². The van der Waals surface area contributed by atoms with Gasteiger partial charge in [0.25, 0.3) is 0 Å². The highest BCUT2D eigenvalue weighted by molar-refractivity contribution is 5.86. The minimum absolute atomic E-state index is 0.334. The Morgan fingerprint density at radius 2 is 2.16 bits per heavy atom. The molecule has 0 unspecified atom stereocenters. The van der Waals surface area contributed by atoms with Crippen molar-refractivity contribution in [1.82, 2.24) is 29.3 Å². The second-order valence-corrected chi connectivity index (χ2v) is 5.55. The molecular weight excluding hydrogens is 323 g/mol. The van der Waals surface area contributed by atoms with Gasteiger partial charge in [-0.05, 0) is 17.7 Å². The maximum atomic E-state index is 14.3. The number of fused-ring (bicyclic) bond motifs is 1. The van der Waals surface area contributed by atoms with Gasteiger partial charge >= 0.3 is 0 Å². The number of rotatable bonds is 4. The molecule has 0 aliphatic rings. The predicted octanol–water partition coefficient (Wildman–Crippen LogP) is 1.88. The molecule has 1 aromatic carbocycles. The molecule has 0 amide bonds. The molecule has 0 atom stereocenters. The Bertz CT molecular complexity index is 1040. The molecule has 0 saturated heterocycles. The van der Waals surface area contributed by atoms with Crippen molar-refractivity contribution in [2.24, 2.45) is 7.05 Å². The summed E-state index contributed by atoms with van der Waals surface area (Å²) in [5, 5.41) is 7.87. The van der Waals surface area contributed by atoms with Crippen LogP contribution in [-0.2, 0) is 13.6 Å². The van der Waals surface area contributed by atoms with Crippen molar-refractivity contribution in [3.8, 4) is 5.69 Å². The highest BCUT2D eigenvalue weighted by Crippen LogP contribution is 2.19. The van der Waals surface area contributed by atoms with Gasteiger partial charge in [0.2, 0.25) is 5.95 Å². The lowest BCUT2D eigenvalue weighted by atomic mass is 10.2. The van der Waals surface area contributed by atoms with Crippen LogP contribution in [0.1, 0.15) is 5.56 Å². The molecule has 126 valence electrons. The fraction of sp³-hybridized carbons (Fsp3) is 0.125. The number of nitrogens with zero attached hydrogens (tertiary/aromatic N) is 6. The number of hydrogen-bond acceptors (Lipinski definition) is 6. The van der Waals surface area contributed by atoms with Gasteiger partial charge in [0, 0.05) is 26.0 Å². The second-order valence-electron chi connectivity index (χ2n) is 5.55. The maximum Gasteiger partial charge on any atom is 0.226 e.